The summed E-state index contributed by atoms with van der Waals surface area (Å²) in [6, 6.07) is 11.1. The average Bonchev–Trinajstić information content (AvgIpc) is 3.20. The summed E-state index contributed by atoms with van der Waals surface area (Å²) in [6.07, 6.45) is 0. The van der Waals surface area contributed by atoms with Crippen LogP contribution in [0.15, 0.2) is 48.0 Å². The highest BCUT2D eigenvalue weighted by molar-refractivity contribution is 7.16. The van der Waals surface area contributed by atoms with E-state index in [2.05, 4.69) is 4.98 Å². The molecular weight excluding hydrogens is 455 g/mol. The molecule has 5 nitrogen and oxygen atoms in total. The van der Waals surface area contributed by atoms with Gasteiger partial charge in [-0.25, -0.2) is 4.98 Å². The van der Waals surface area contributed by atoms with E-state index in [-0.39, 0.29) is 16.4 Å². The van der Waals surface area contributed by atoms with Gasteiger partial charge >= 0.3 is 5.91 Å². The molecular formula is C23H18Cl2N2O3S. The average molecular weight is 473 g/mol. The molecule has 1 unspecified atom stereocenters. The number of nitrogens with zero attached hydrogens (tertiary/aromatic N) is 2. The zero-order valence-corrected chi connectivity index (χ0v) is 19.3. The Morgan fingerprint density at radius 3 is 2.29 bits per heavy atom. The highest BCUT2D eigenvalue weighted by atomic mass is 35.5. The van der Waals surface area contributed by atoms with Crippen molar-refractivity contribution in [2.75, 3.05) is 4.90 Å². The van der Waals surface area contributed by atoms with Gasteiger partial charge < -0.3 is 5.11 Å². The number of hydrogen-bond acceptors (Lipinski definition) is 5. The number of aliphatic hydroxyl groups excluding tert-OH is 1. The number of aromatic nitrogens is 1. The van der Waals surface area contributed by atoms with Crippen molar-refractivity contribution in [3.63, 3.8) is 0 Å². The number of aryl methyl sites for hydroxylation is 3. The molecule has 1 fully saturated rings. The minimum atomic E-state index is -0.888. The molecule has 0 bridgehead atoms. The zero-order valence-electron chi connectivity index (χ0n) is 16.9. The molecule has 158 valence electrons. The maximum atomic E-state index is 13.1. The van der Waals surface area contributed by atoms with Gasteiger partial charge in [-0.15, -0.1) is 11.3 Å². The number of Topliss-reactive ketones (excluding diaryl/α,β-unsaturated/α-hetero) is 1. The number of benzene rings is 2. The van der Waals surface area contributed by atoms with Crippen LogP contribution < -0.4 is 4.90 Å². The van der Waals surface area contributed by atoms with Crippen molar-refractivity contribution in [2.45, 2.75) is 26.8 Å². The van der Waals surface area contributed by atoms with Crippen LogP contribution >= 0.6 is 34.5 Å². The molecule has 31 heavy (non-hydrogen) atoms. The van der Waals surface area contributed by atoms with Crippen LogP contribution in [0.3, 0.4) is 0 Å². The van der Waals surface area contributed by atoms with Gasteiger partial charge in [-0.1, -0.05) is 59.1 Å². The van der Waals surface area contributed by atoms with Gasteiger partial charge in [-0.05, 0) is 38.5 Å². The van der Waals surface area contributed by atoms with E-state index < -0.39 is 17.7 Å². The second kappa shape index (κ2) is 8.11. The fourth-order valence-corrected chi connectivity index (χ4v) is 4.70. The lowest BCUT2D eigenvalue weighted by Crippen LogP contribution is -2.29. The third-order valence-corrected chi connectivity index (χ3v) is 7.06. The van der Waals surface area contributed by atoms with Crippen molar-refractivity contribution in [3.05, 3.63) is 85.3 Å². The van der Waals surface area contributed by atoms with Crippen molar-refractivity contribution in [2.24, 2.45) is 0 Å². The van der Waals surface area contributed by atoms with Crippen LogP contribution in [0, 0.1) is 20.8 Å². The minimum Gasteiger partial charge on any atom is -0.507 e. The molecule has 2 aromatic carbocycles. The van der Waals surface area contributed by atoms with Gasteiger partial charge in [0.25, 0.3) is 5.78 Å². The SMILES string of the molecule is Cc1ccc(/C(O)=C2\C(=O)C(=O)N(c3nc(C)c(C)s3)C2c2ccc(Cl)c(Cl)c2)cc1. The van der Waals surface area contributed by atoms with Crippen LogP contribution in [0.25, 0.3) is 5.76 Å². The molecule has 8 heteroatoms. The zero-order chi connectivity index (χ0) is 22.4. The first-order valence-electron chi connectivity index (χ1n) is 9.46. The lowest BCUT2D eigenvalue weighted by atomic mass is 9.95. The van der Waals surface area contributed by atoms with E-state index in [0.29, 0.717) is 21.3 Å². The van der Waals surface area contributed by atoms with Crippen LogP contribution in [0.5, 0.6) is 0 Å². The number of thiazole rings is 1. The second-order valence-corrected chi connectivity index (χ2v) is 9.34. The standard InChI is InChI=1S/C23H18Cl2N2O3S/c1-11-4-6-14(7-5-11)20(28)18-19(15-8-9-16(24)17(25)10-15)27(22(30)21(18)29)23-26-12(2)13(3)31-23/h4-10,19,28H,1-3H3/b20-18+. The van der Waals surface area contributed by atoms with Crippen molar-refractivity contribution >= 4 is 57.1 Å². The van der Waals surface area contributed by atoms with Crippen molar-refractivity contribution in [3.8, 4) is 0 Å². The Morgan fingerprint density at radius 2 is 1.71 bits per heavy atom. The van der Waals surface area contributed by atoms with Crippen molar-refractivity contribution in [1.82, 2.24) is 4.98 Å². The monoisotopic (exact) mass is 472 g/mol. The van der Waals surface area contributed by atoms with Gasteiger partial charge in [0.05, 0.1) is 27.4 Å². The third kappa shape index (κ3) is 3.76. The Morgan fingerprint density at radius 1 is 1.03 bits per heavy atom. The summed E-state index contributed by atoms with van der Waals surface area (Å²) in [5.41, 5.74) is 2.76. The lowest BCUT2D eigenvalue weighted by molar-refractivity contribution is -0.132. The lowest BCUT2D eigenvalue weighted by Gasteiger charge is -2.23. The van der Waals surface area contributed by atoms with Crippen LogP contribution in [-0.2, 0) is 9.59 Å². The molecule has 0 aliphatic carbocycles. The minimum absolute atomic E-state index is 0.0160. The summed E-state index contributed by atoms with van der Waals surface area (Å²) in [7, 11) is 0. The Hall–Kier alpha value is -2.67. The molecule has 3 aromatic rings. The second-order valence-electron chi connectivity index (χ2n) is 7.35. The number of carbonyl (C=O) groups excluding carboxylic acids is 2. The van der Waals surface area contributed by atoms with E-state index in [0.717, 1.165) is 16.1 Å². The summed E-state index contributed by atoms with van der Waals surface area (Å²) >= 11 is 13.6. The van der Waals surface area contributed by atoms with Crippen LogP contribution in [0.1, 0.15) is 33.3 Å². The van der Waals surface area contributed by atoms with E-state index in [9.17, 15) is 14.7 Å². The Bertz CT molecular complexity index is 1230. The van der Waals surface area contributed by atoms with E-state index in [1.807, 2.05) is 32.9 Å². The number of hydrogen-bond donors (Lipinski definition) is 1. The molecule has 1 aliphatic rings. The Balaban J connectivity index is 1.97. The van der Waals surface area contributed by atoms with Crippen LogP contribution in [-0.4, -0.2) is 21.8 Å². The molecule has 0 radical (unpaired) electrons. The van der Waals surface area contributed by atoms with Crippen LogP contribution in [0.4, 0.5) is 5.13 Å². The Labute approximate surface area is 193 Å². The van der Waals surface area contributed by atoms with Gasteiger partial charge in [0.1, 0.15) is 5.76 Å². The molecule has 1 atom stereocenters. The number of rotatable bonds is 3. The predicted molar refractivity (Wildman–Crippen MR) is 124 cm³/mol. The maximum Gasteiger partial charge on any atom is 0.301 e. The fourth-order valence-electron chi connectivity index (χ4n) is 3.45. The topological polar surface area (TPSA) is 70.5 Å². The summed E-state index contributed by atoms with van der Waals surface area (Å²) in [5, 5.41) is 12.1. The molecule has 1 aromatic heterocycles. The number of anilines is 1. The molecule has 1 aliphatic heterocycles. The first-order chi connectivity index (χ1) is 14.7. The molecule has 2 heterocycles. The summed E-state index contributed by atoms with van der Waals surface area (Å²) in [4.78, 5) is 32.9. The maximum absolute atomic E-state index is 13.1. The van der Waals surface area contributed by atoms with E-state index >= 15 is 0 Å². The number of aliphatic hydroxyl groups is 1. The normalized spacial score (nSPS) is 18.1. The molecule has 1 N–H and O–H groups in total. The summed E-state index contributed by atoms with van der Waals surface area (Å²) in [5.74, 6) is -1.78. The summed E-state index contributed by atoms with van der Waals surface area (Å²) < 4.78 is 0. The first-order valence-corrected chi connectivity index (χ1v) is 11.0. The predicted octanol–water partition coefficient (Wildman–Crippen LogP) is 6.00. The van der Waals surface area contributed by atoms with Gasteiger partial charge in [-0.2, -0.15) is 0 Å². The molecule has 1 amide bonds. The highest BCUT2D eigenvalue weighted by Gasteiger charge is 2.48. The van der Waals surface area contributed by atoms with Crippen molar-refractivity contribution < 1.29 is 14.7 Å². The number of amides is 1. The van der Waals surface area contributed by atoms with E-state index in [4.69, 9.17) is 23.2 Å². The quantitative estimate of drug-likeness (QED) is 0.288. The van der Waals surface area contributed by atoms with Gasteiger partial charge in [0.2, 0.25) is 0 Å². The first kappa shape index (κ1) is 21.6. The number of halogens is 2. The smallest absolute Gasteiger partial charge is 0.301 e. The van der Waals surface area contributed by atoms with Crippen molar-refractivity contribution in [1.29, 1.82) is 0 Å². The largest absolute Gasteiger partial charge is 0.507 e. The molecule has 1 saturated heterocycles. The highest BCUT2D eigenvalue weighted by Crippen LogP contribution is 2.44. The Kier molecular flexibility index (Phi) is 5.64. The summed E-state index contributed by atoms with van der Waals surface area (Å²) in [6.45, 7) is 5.66. The molecule has 0 saturated carbocycles. The van der Waals surface area contributed by atoms with E-state index in [1.54, 1.807) is 30.3 Å². The number of carbonyl (C=O) groups is 2. The molecule has 0 spiro atoms. The molecule has 4 rings (SSSR count). The van der Waals surface area contributed by atoms with Gasteiger partial charge in [0.15, 0.2) is 5.13 Å². The fraction of sp³-hybridized carbons (Fsp3) is 0.174. The van der Waals surface area contributed by atoms with Gasteiger partial charge in [-0.3, -0.25) is 14.5 Å². The van der Waals surface area contributed by atoms with E-state index in [1.165, 1.54) is 16.2 Å². The van der Waals surface area contributed by atoms with Gasteiger partial charge in [0, 0.05) is 10.4 Å². The third-order valence-electron chi connectivity index (χ3n) is 5.25. The number of ketones is 1. The van der Waals surface area contributed by atoms with Crippen LogP contribution in [0.2, 0.25) is 10.0 Å².